The molecule has 1 aromatic rings. The van der Waals surface area contributed by atoms with Gasteiger partial charge in [0.15, 0.2) is 0 Å². The Labute approximate surface area is 136 Å². The van der Waals surface area contributed by atoms with Crippen molar-refractivity contribution in [3.05, 3.63) is 21.4 Å². The van der Waals surface area contributed by atoms with E-state index in [0.29, 0.717) is 12.0 Å². The van der Waals surface area contributed by atoms with Gasteiger partial charge in [-0.2, -0.15) is 0 Å². The van der Waals surface area contributed by atoms with Crippen molar-refractivity contribution >= 4 is 17.2 Å². The molecule has 1 fully saturated rings. The third kappa shape index (κ3) is 3.53. The summed E-state index contributed by atoms with van der Waals surface area (Å²) in [6.07, 6.45) is 3.53. The molecule has 1 aliphatic heterocycles. The van der Waals surface area contributed by atoms with Crippen LogP contribution in [0.3, 0.4) is 0 Å². The Morgan fingerprint density at radius 3 is 2.82 bits per heavy atom. The number of aryl methyl sites for hydroxylation is 2. The first-order chi connectivity index (χ1) is 10.6. The minimum absolute atomic E-state index is 0.0957. The molecule has 4 nitrogen and oxygen atoms in total. The van der Waals surface area contributed by atoms with Crippen LogP contribution in [0.1, 0.15) is 40.4 Å². The molecule has 1 atom stereocenters. The topological polar surface area (TPSA) is 41.6 Å². The van der Waals surface area contributed by atoms with Crippen molar-refractivity contribution in [3.63, 3.8) is 0 Å². The Morgan fingerprint density at radius 2 is 2.14 bits per heavy atom. The maximum atomic E-state index is 12.4. The molecule has 0 bridgehead atoms. The molecule has 22 heavy (non-hydrogen) atoms. The van der Waals surface area contributed by atoms with Gasteiger partial charge < -0.3 is 10.1 Å². The quantitative estimate of drug-likeness (QED) is 0.904. The summed E-state index contributed by atoms with van der Waals surface area (Å²) in [6.45, 7) is 8.71. The van der Waals surface area contributed by atoms with E-state index in [2.05, 4.69) is 30.1 Å². The normalized spacial score (nSPS) is 20.1. The molecule has 2 heterocycles. The zero-order chi connectivity index (χ0) is 15.5. The second kappa shape index (κ2) is 7.11. The van der Waals surface area contributed by atoms with Gasteiger partial charge in [0.1, 0.15) is 0 Å². The van der Waals surface area contributed by atoms with Crippen LogP contribution in [0.4, 0.5) is 0 Å². The van der Waals surface area contributed by atoms with E-state index in [-0.39, 0.29) is 5.91 Å². The van der Waals surface area contributed by atoms with Gasteiger partial charge >= 0.3 is 0 Å². The molecule has 5 heteroatoms. The number of thiophene rings is 1. The van der Waals surface area contributed by atoms with Crippen LogP contribution in [0.25, 0.3) is 0 Å². The first-order valence-electron chi connectivity index (χ1n) is 8.36. The van der Waals surface area contributed by atoms with Gasteiger partial charge in [0.2, 0.25) is 0 Å². The monoisotopic (exact) mass is 322 g/mol. The van der Waals surface area contributed by atoms with Crippen LogP contribution in [-0.2, 0) is 17.6 Å². The van der Waals surface area contributed by atoms with Crippen molar-refractivity contribution in [2.75, 3.05) is 32.8 Å². The van der Waals surface area contributed by atoms with Crippen LogP contribution in [-0.4, -0.2) is 49.7 Å². The fourth-order valence-corrected chi connectivity index (χ4v) is 4.59. The van der Waals surface area contributed by atoms with E-state index < -0.39 is 0 Å². The molecular weight excluding hydrogens is 296 g/mol. The summed E-state index contributed by atoms with van der Waals surface area (Å²) in [7, 11) is 0. The lowest BCUT2D eigenvalue weighted by atomic mass is 10.0. The van der Waals surface area contributed by atoms with Crippen molar-refractivity contribution < 1.29 is 9.53 Å². The minimum atomic E-state index is 0.0957. The van der Waals surface area contributed by atoms with Crippen molar-refractivity contribution in [3.8, 4) is 0 Å². The fraction of sp³-hybridized carbons (Fsp3) is 0.706. The van der Waals surface area contributed by atoms with Gasteiger partial charge in [-0.1, -0.05) is 13.8 Å². The van der Waals surface area contributed by atoms with E-state index in [1.165, 1.54) is 16.9 Å². The van der Waals surface area contributed by atoms with Crippen molar-refractivity contribution in [1.82, 2.24) is 10.2 Å². The Balaban J connectivity index is 1.57. The third-order valence-electron chi connectivity index (χ3n) is 4.73. The highest BCUT2D eigenvalue weighted by Crippen LogP contribution is 2.30. The second-order valence-electron chi connectivity index (χ2n) is 6.58. The number of nitrogens with zero attached hydrogens (tertiary/aromatic N) is 1. The number of hydrogen-bond acceptors (Lipinski definition) is 4. The van der Waals surface area contributed by atoms with Gasteiger partial charge in [-0.15, -0.1) is 11.3 Å². The zero-order valence-electron chi connectivity index (χ0n) is 13.6. The summed E-state index contributed by atoms with van der Waals surface area (Å²) in [5.74, 6) is 0.616. The molecule has 0 saturated carbocycles. The van der Waals surface area contributed by atoms with Gasteiger partial charge in [0.25, 0.3) is 5.91 Å². The van der Waals surface area contributed by atoms with Crippen molar-refractivity contribution in [2.45, 2.75) is 39.2 Å². The predicted octanol–water partition coefficient (Wildman–Crippen LogP) is 2.32. The van der Waals surface area contributed by atoms with Gasteiger partial charge in [-0.3, -0.25) is 9.69 Å². The summed E-state index contributed by atoms with van der Waals surface area (Å²) < 4.78 is 5.43. The molecule has 1 aliphatic carbocycles. The standard InChI is InChI=1S/C17H26N2O2S/c1-12(2)14(19-6-8-21-9-7-19)11-18-17(20)16-10-13-4-3-5-15(13)22-16/h10,12,14H,3-9,11H2,1-2H3,(H,18,20)/t14-/m1/s1. The highest BCUT2D eigenvalue weighted by Gasteiger charge is 2.25. The first-order valence-corrected chi connectivity index (χ1v) is 9.18. The Bertz CT molecular complexity index is 499. The number of rotatable bonds is 5. The van der Waals surface area contributed by atoms with E-state index in [1.807, 2.05) is 0 Å². The van der Waals surface area contributed by atoms with E-state index in [0.717, 1.165) is 50.6 Å². The summed E-state index contributed by atoms with van der Waals surface area (Å²) in [6, 6.07) is 2.49. The summed E-state index contributed by atoms with van der Waals surface area (Å²) in [5.41, 5.74) is 1.39. The highest BCUT2D eigenvalue weighted by molar-refractivity contribution is 7.14. The number of nitrogens with one attached hydrogen (secondary N) is 1. The molecule has 1 aromatic heterocycles. The molecule has 1 saturated heterocycles. The number of hydrogen-bond donors (Lipinski definition) is 1. The molecular formula is C17H26N2O2S. The third-order valence-corrected chi connectivity index (χ3v) is 5.96. The first kappa shape index (κ1) is 16.0. The lowest BCUT2D eigenvalue weighted by Crippen LogP contribution is -2.51. The van der Waals surface area contributed by atoms with Crippen LogP contribution in [0.2, 0.25) is 0 Å². The van der Waals surface area contributed by atoms with Crippen LogP contribution < -0.4 is 5.32 Å². The number of fused-ring (bicyclic) bond motifs is 1. The van der Waals surface area contributed by atoms with Gasteiger partial charge in [-0.25, -0.2) is 0 Å². The van der Waals surface area contributed by atoms with E-state index >= 15 is 0 Å². The van der Waals surface area contributed by atoms with Gasteiger partial charge in [0.05, 0.1) is 18.1 Å². The SMILES string of the molecule is CC(C)[C@@H](CNC(=O)c1cc2c(s1)CCC2)N1CCOCC1. The molecule has 0 aromatic carbocycles. The Kier molecular flexibility index (Phi) is 5.16. The fourth-order valence-electron chi connectivity index (χ4n) is 3.42. The lowest BCUT2D eigenvalue weighted by molar-refractivity contribution is 0.00674. The van der Waals surface area contributed by atoms with Crippen LogP contribution in [0, 0.1) is 5.92 Å². The average Bonchev–Trinajstić information content (AvgIpc) is 3.09. The molecule has 1 amide bonds. The van der Waals surface area contributed by atoms with Crippen molar-refractivity contribution in [1.29, 1.82) is 0 Å². The number of carbonyl (C=O) groups excluding carboxylic acids is 1. The van der Waals surface area contributed by atoms with E-state index in [1.54, 1.807) is 11.3 Å². The van der Waals surface area contributed by atoms with Gasteiger partial charge in [-0.05, 0) is 36.8 Å². The molecule has 3 rings (SSSR count). The second-order valence-corrected chi connectivity index (χ2v) is 7.72. The predicted molar refractivity (Wildman–Crippen MR) is 89.7 cm³/mol. The summed E-state index contributed by atoms with van der Waals surface area (Å²) >= 11 is 1.68. The number of amides is 1. The maximum Gasteiger partial charge on any atom is 0.261 e. The minimum Gasteiger partial charge on any atom is -0.379 e. The summed E-state index contributed by atoms with van der Waals surface area (Å²) in [5, 5.41) is 3.16. The van der Waals surface area contributed by atoms with Crippen LogP contribution >= 0.6 is 11.3 Å². The Hall–Kier alpha value is -0.910. The maximum absolute atomic E-state index is 12.4. The van der Waals surface area contributed by atoms with E-state index in [9.17, 15) is 4.79 Å². The molecule has 0 radical (unpaired) electrons. The highest BCUT2D eigenvalue weighted by atomic mass is 32.1. The molecule has 122 valence electrons. The smallest absolute Gasteiger partial charge is 0.261 e. The zero-order valence-corrected chi connectivity index (χ0v) is 14.4. The lowest BCUT2D eigenvalue weighted by Gasteiger charge is -2.36. The van der Waals surface area contributed by atoms with Crippen LogP contribution in [0.15, 0.2) is 6.07 Å². The van der Waals surface area contributed by atoms with Gasteiger partial charge in [0, 0.05) is 30.6 Å². The molecule has 1 N–H and O–H groups in total. The number of carbonyl (C=O) groups is 1. The average molecular weight is 322 g/mol. The Morgan fingerprint density at radius 1 is 1.36 bits per heavy atom. The molecule has 0 unspecified atom stereocenters. The number of morpholine rings is 1. The van der Waals surface area contributed by atoms with Crippen molar-refractivity contribution in [2.24, 2.45) is 5.92 Å². The van der Waals surface area contributed by atoms with E-state index in [4.69, 9.17) is 4.74 Å². The number of ether oxygens (including phenoxy) is 1. The molecule has 2 aliphatic rings. The summed E-state index contributed by atoms with van der Waals surface area (Å²) in [4.78, 5) is 17.2. The largest absolute Gasteiger partial charge is 0.379 e. The van der Waals surface area contributed by atoms with Crippen LogP contribution in [0.5, 0.6) is 0 Å². The molecule has 0 spiro atoms.